The predicted molar refractivity (Wildman–Crippen MR) is 86.6 cm³/mol. The third kappa shape index (κ3) is 3.51. The van der Waals surface area contributed by atoms with Crippen LogP contribution in [0.5, 0.6) is 0 Å². The molecule has 0 bridgehead atoms. The molecule has 2 rings (SSSR count). The van der Waals surface area contributed by atoms with Crippen LogP contribution < -0.4 is 0 Å². The third-order valence-electron chi connectivity index (χ3n) is 4.06. The Balaban J connectivity index is 1.99. The van der Waals surface area contributed by atoms with Crippen molar-refractivity contribution in [2.24, 2.45) is 17.3 Å². The van der Waals surface area contributed by atoms with Crippen LogP contribution in [0.15, 0.2) is 40.5 Å². The monoisotopic (exact) mass is 298 g/mol. The third-order valence-corrected chi connectivity index (χ3v) is 4.06. The first-order chi connectivity index (χ1) is 10.4. The SMILES string of the molecule is C#CC(C=Cc1ccco1)OC(=O)C1C(C=C(C)C)C1(C)C. The molecular formula is C19H22O3. The maximum atomic E-state index is 12.3. The van der Waals surface area contributed by atoms with Gasteiger partial charge in [0.15, 0.2) is 6.10 Å². The minimum Gasteiger partial charge on any atom is -0.465 e. The van der Waals surface area contributed by atoms with E-state index in [1.54, 1.807) is 30.5 Å². The summed E-state index contributed by atoms with van der Waals surface area (Å²) in [5, 5.41) is 0. The molecule has 1 aliphatic carbocycles. The van der Waals surface area contributed by atoms with Gasteiger partial charge in [-0.1, -0.05) is 31.4 Å². The van der Waals surface area contributed by atoms with Crippen LogP contribution in [-0.4, -0.2) is 12.1 Å². The Hall–Kier alpha value is -2.21. The normalized spacial score (nSPS) is 23.6. The number of rotatable bonds is 5. The molecule has 22 heavy (non-hydrogen) atoms. The van der Waals surface area contributed by atoms with Gasteiger partial charge in [0.2, 0.25) is 0 Å². The number of ether oxygens (including phenoxy) is 1. The van der Waals surface area contributed by atoms with Crippen LogP contribution in [0.25, 0.3) is 6.08 Å². The molecule has 1 fully saturated rings. The van der Waals surface area contributed by atoms with Gasteiger partial charge in [-0.05, 0) is 49.5 Å². The number of hydrogen-bond acceptors (Lipinski definition) is 3. The van der Waals surface area contributed by atoms with Gasteiger partial charge in [-0.25, -0.2) is 0 Å². The van der Waals surface area contributed by atoms with Gasteiger partial charge >= 0.3 is 5.97 Å². The highest BCUT2D eigenvalue weighted by Gasteiger charge is 2.61. The predicted octanol–water partition coefficient (Wildman–Crippen LogP) is 4.08. The van der Waals surface area contributed by atoms with Crippen molar-refractivity contribution < 1.29 is 13.9 Å². The van der Waals surface area contributed by atoms with Crippen molar-refractivity contribution in [1.29, 1.82) is 0 Å². The molecule has 1 aromatic heterocycles. The topological polar surface area (TPSA) is 39.4 Å². The Morgan fingerprint density at radius 1 is 1.50 bits per heavy atom. The molecule has 1 heterocycles. The van der Waals surface area contributed by atoms with E-state index in [1.807, 2.05) is 13.8 Å². The Bertz CT molecular complexity index is 622. The highest BCUT2D eigenvalue weighted by molar-refractivity contribution is 5.79. The molecular weight excluding hydrogens is 276 g/mol. The van der Waals surface area contributed by atoms with Gasteiger partial charge in [-0.3, -0.25) is 4.79 Å². The fourth-order valence-corrected chi connectivity index (χ4v) is 2.69. The second-order valence-corrected chi connectivity index (χ2v) is 6.47. The minimum absolute atomic E-state index is 0.0712. The number of carbonyl (C=O) groups is 1. The van der Waals surface area contributed by atoms with E-state index in [1.165, 1.54) is 5.57 Å². The van der Waals surface area contributed by atoms with Crippen LogP contribution in [0.1, 0.15) is 33.5 Å². The Morgan fingerprint density at radius 2 is 2.23 bits per heavy atom. The molecule has 3 heteroatoms. The average Bonchev–Trinajstić information content (AvgIpc) is 2.83. The largest absolute Gasteiger partial charge is 0.465 e. The molecule has 3 nitrogen and oxygen atoms in total. The quantitative estimate of drug-likeness (QED) is 0.467. The van der Waals surface area contributed by atoms with E-state index < -0.39 is 6.10 Å². The van der Waals surface area contributed by atoms with Crippen molar-refractivity contribution in [3.63, 3.8) is 0 Å². The Kier molecular flexibility index (Phi) is 4.61. The van der Waals surface area contributed by atoms with Crippen molar-refractivity contribution in [2.45, 2.75) is 33.8 Å². The van der Waals surface area contributed by atoms with E-state index in [4.69, 9.17) is 15.6 Å². The van der Waals surface area contributed by atoms with Crippen LogP contribution >= 0.6 is 0 Å². The van der Waals surface area contributed by atoms with Crippen molar-refractivity contribution in [1.82, 2.24) is 0 Å². The molecule has 0 amide bonds. The molecule has 1 aliphatic rings. The van der Waals surface area contributed by atoms with Gasteiger partial charge in [0.1, 0.15) is 5.76 Å². The van der Waals surface area contributed by atoms with Gasteiger partial charge in [-0.2, -0.15) is 0 Å². The summed E-state index contributed by atoms with van der Waals surface area (Å²) < 4.78 is 10.6. The summed E-state index contributed by atoms with van der Waals surface area (Å²) in [6.45, 7) is 8.22. The first-order valence-electron chi connectivity index (χ1n) is 7.39. The number of esters is 1. The van der Waals surface area contributed by atoms with Crippen LogP contribution in [0.2, 0.25) is 0 Å². The molecule has 3 atom stereocenters. The lowest BCUT2D eigenvalue weighted by Gasteiger charge is -2.09. The van der Waals surface area contributed by atoms with Gasteiger partial charge < -0.3 is 9.15 Å². The highest BCUT2D eigenvalue weighted by Crippen LogP contribution is 2.59. The summed E-state index contributed by atoms with van der Waals surface area (Å²) in [6, 6.07) is 3.59. The highest BCUT2D eigenvalue weighted by atomic mass is 16.5. The summed E-state index contributed by atoms with van der Waals surface area (Å²) >= 11 is 0. The van der Waals surface area contributed by atoms with E-state index in [0.717, 1.165) is 0 Å². The zero-order valence-electron chi connectivity index (χ0n) is 13.5. The van der Waals surface area contributed by atoms with Crippen molar-refractivity contribution >= 4 is 12.0 Å². The van der Waals surface area contributed by atoms with Gasteiger partial charge in [0.05, 0.1) is 12.2 Å². The van der Waals surface area contributed by atoms with Gasteiger partial charge in [0, 0.05) is 0 Å². The Labute approximate surface area is 132 Å². The van der Waals surface area contributed by atoms with Gasteiger partial charge in [-0.15, -0.1) is 6.42 Å². The van der Waals surface area contributed by atoms with E-state index in [0.29, 0.717) is 5.76 Å². The van der Waals surface area contributed by atoms with Gasteiger partial charge in [0.25, 0.3) is 0 Å². The van der Waals surface area contributed by atoms with Crippen molar-refractivity contribution in [2.75, 3.05) is 0 Å². The fraction of sp³-hybridized carbons (Fsp3) is 0.421. The number of hydrogen-bond donors (Lipinski definition) is 0. The fourth-order valence-electron chi connectivity index (χ4n) is 2.69. The molecule has 0 spiro atoms. The molecule has 0 aliphatic heterocycles. The lowest BCUT2D eigenvalue weighted by molar-refractivity contribution is -0.147. The van der Waals surface area contributed by atoms with Crippen LogP contribution in [0.4, 0.5) is 0 Å². The number of allylic oxidation sites excluding steroid dienone is 2. The number of furan rings is 1. The molecule has 0 radical (unpaired) electrons. The molecule has 1 saturated carbocycles. The first-order valence-corrected chi connectivity index (χ1v) is 7.39. The van der Waals surface area contributed by atoms with E-state index >= 15 is 0 Å². The maximum Gasteiger partial charge on any atom is 0.311 e. The molecule has 1 aromatic rings. The van der Waals surface area contributed by atoms with Crippen LogP contribution in [-0.2, 0) is 9.53 Å². The van der Waals surface area contributed by atoms with E-state index in [2.05, 4.69) is 25.8 Å². The average molecular weight is 298 g/mol. The Morgan fingerprint density at radius 3 is 2.77 bits per heavy atom. The molecule has 0 aromatic carbocycles. The first kappa shape index (κ1) is 16.2. The lowest BCUT2D eigenvalue weighted by Crippen LogP contribution is -2.17. The molecule has 0 saturated heterocycles. The summed E-state index contributed by atoms with van der Waals surface area (Å²) in [7, 11) is 0. The summed E-state index contributed by atoms with van der Waals surface area (Å²) in [5.74, 6) is 3.00. The smallest absolute Gasteiger partial charge is 0.311 e. The maximum absolute atomic E-state index is 12.3. The molecule has 116 valence electrons. The summed E-state index contributed by atoms with van der Waals surface area (Å²) in [5.41, 5.74) is 1.14. The second-order valence-electron chi connectivity index (χ2n) is 6.47. The van der Waals surface area contributed by atoms with E-state index in [-0.39, 0.29) is 23.2 Å². The zero-order chi connectivity index (χ0) is 16.3. The number of terminal acetylenes is 1. The molecule has 3 unspecified atom stereocenters. The van der Waals surface area contributed by atoms with E-state index in [9.17, 15) is 4.79 Å². The van der Waals surface area contributed by atoms with Crippen LogP contribution in [0.3, 0.4) is 0 Å². The summed E-state index contributed by atoms with van der Waals surface area (Å²) in [6.07, 6.45) is 11.8. The second kappa shape index (κ2) is 6.27. The lowest BCUT2D eigenvalue weighted by atomic mass is 10.1. The number of carbonyl (C=O) groups excluding carboxylic acids is 1. The van der Waals surface area contributed by atoms with Crippen molar-refractivity contribution in [3.8, 4) is 12.3 Å². The van der Waals surface area contributed by atoms with Crippen LogP contribution in [0, 0.1) is 29.6 Å². The standard InChI is InChI=1S/C19H22O3/c1-6-14(9-10-15-8-7-11-21-15)22-18(20)17-16(12-13(2)3)19(17,4)5/h1,7-12,14,16-17H,2-5H3. The summed E-state index contributed by atoms with van der Waals surface area (Å²) in [4.78, 5) is 12.3. The van der Waals surface area contributed by atoms with Crippen molar-refractivity contribution in [3.05, 3.63) is 41.9 Å². The molecule has 0 N–H and O–H groups in total. The minimum atomic E-state index is -0.679. The zero-order valence-corrected chi connectivity index (χ0v) is 13.5.